The summed E-state index contributed by atoms with van der Waals surface area (Å²) in [4.78, 5) is 33.2. The number of ether oxygens (including phenoxy) is 3. The van der Waals surface area contributed by atoms with Gasteiger partial charge in [0.2, 0.25) is 11.7 Å². The number of aliphatic hydroxyl groups excluding tert-OH is 2. The molecule has 6 rings (SSSR count). The topological polar surface area (TPSA) is 153 Å². The van der Waals surface area contributed by atoms with Crippen LogP contribution in [0, 0.1) is 27.9 Å². The molecule has 6 atom stereocenters. The average molecular weight is 812 g/mol. The molecule has 1 aliphatic heterocycles. The predicted molar refractivity (Wildman–Crippen MR) is 225 cm³/mol. The van der Waals surface area contributed by atoms with Crippen molar-refractivity contribution in [1.82, 2.24) is 4.90 Å². The van der Waals surface area contributed by atoms with Gasteiger partial charge < -0.3 is 34.2 Å². The zero-order chi connectivity index (χ0) is 41.2. The minimum Gasteiger partial charge on any atom is -0.459 e. The van der Waals surface area contributed by atoms with Crippen LogP contribution in [0.1, 0.15) is 62.0 Å². The summed E-state index contributed by atoms with van der Waals surface area (Å²) in [6.45, 7) is 4.31. The molecule has 58 heavy (non-hydrogen) atoms. The molecule has 3 aromatic rings. The fourth-order valence-corrected chi connectivity index (χ4v) is 9.24. The Balaban J connectivity index is 1.49. The summed E-state index contributed by atoms with van der Waals surface area (Å²) in [5, 5.41) is 35.5. The first-order valence-electron chi connectivity index (χ1n) is 19.8. The van der Waals surface area contributed by atoms with Gasteiger partial charge in [-0.25, -0.2) is 0 Å². The molecular formula is C45H53N3O9S. The number of hydrogen-bond donors (Lipinski definition) is 2. The predicted octanol–water partition coefficient (Wildman–Crippen LogP) is 8.54. The zero-order valence-corrected chi connectivity index (χ0v) is 34.1. The van der Waals surface area contributed by atoms with Gasteiger partial charge in [0.15, 0.2) is 0 Å². The highest BCUT2D eigenvalue weighted by Crippen LogP contribution is 2.62. The Labute approximate surface area is 344 Å². The number of fused-ring (bicyclic) bond motifs is 2. The van der Waals surface area contributed by atoms with Crippen molar-refractivity contribution in [3.8, 4) is 17.2 Å². The van der Waals surface area contributed by atoms with E-state index in [-0.39, 0.29) is 55.6 Å². The molecular weight excluding hydrogens is 759 g/mol. The molecule has 1 heterocycles. The molecule has 0 bridgehead atoms. The van der Waals surface area contributed by atoms with E-state index >= 15 is 0 Å². The van der Waals surface area contributed by atoms with Crippen molar-refractivity contribution >= 4 is 35.1 Å². The summed E-state index contributed by atoms with van der Waals surface area (Å²) < 4.78 is 20.6. The second-order valence-electron chi connectivity index (χ2n) is 14.9. The molecule has 0 saturated heterocycles. The summed E-state index contributed by atoms with van der Waals surface area (Å²) >= 11 is 1.66. The van der Waals surface area contributed by atoms with Crippen molar-refractivity contribution in [2.24, 2.45) is 22.9 Å². The number of nitro benzene ring substituents is 1. The molecule has 1 saturated carbocycles. The van der Waals surface area contributed by atoms with E-state index in [4.69, 9.17) is 19.0 Å². The second kappa shape index (κ2) is 19.7. The highest BCUT2D eigenvalue weighted by Gasteiger charge is 2.65. The van der Waals surface area contributed by atoms with E-state index in [0.29, 0.717) is 41.4 Å². The number of carbonyl (C=O) groups excluding carboxylic acids is 1. The monoisotopic (exact) mass is 811 g/mol. The standard InChI is InChI=1S/C45H53N3O9S/c1-5-26-55-45-41(47(2)42(51)23-14-30-12-15-32(16-13-30)48(52)53)29-39(46-54-3)37-27-31(10-6-8-24-49)36(11-7-9-25-50)43(44(37)45)38-28-34(19-22-40(38)57-45)56-33-17-20-35(58-4)21-18-33/h5,12-23,27-28,31,36,41,43-44,49-50H,1,6-11,24-26,29H2,2-4H3. The Morgan fingerprint density at radius 2 is 1.76 bits per heavy atom. The number of carbonyl (C=O) groups is 1. The minimum atomic E-state index is -1.39. The third-order valence-electron chi connectivity index (χ3n) is 11.5. The van der Waals surface area contributed by atoms with Crippen LogP contribution in [-0.2, 0) is 14.4 Å². The molecule has 308 valence electrons. The first-order chi connectivity index (χ1) is 28.2. The fraction of sp³-hybridized carbons (Fsp3) is 0.422. The Morgan fingerprint density at radius 3 is 2.41 bits per heavy atom. The lowest BCUT2D eigenvalue weighted by atomic mass is 9.55. The lowest BCUT2D eigenvalue weighted by Crippen LogP contribution is -2.69. The molecule has 6 unspecified atom stereocenters. The van der Waals surface area contributed by atoms with Crippen molar-refractivity contribution in [3.05, 3.63) is 118 Å². The van der Waals surface area contributed by atoms with Crippen molar-refractivity contribution in [1.29, 1.82) is 0 Å². The Bertz CT molecular complexity index is 2000. The largest absolute Gasteiger partial charge is 0.459 e. The highest BCUT2D eigenvalue weighted by atomic mass is 32.2. The lowest BCUT2D eigenvalue weighted by Gasteiger charge is -2.59. The second-order valence-corrected chi connectivity index (χ2v) is 15.7. The van der Waals surface area contributed by atoms with Crippen molar-refractivity contribution in [2.45, 2.75) is 67.6 Å². The van der Waals surface area contributed by atoms with Gasteiger partial charge in [-0.05, 0) is 116 Å². The molecule has 1 amide bonds. The SMILES string of the molecule is C=CCOC12Oc3ccc(Oc4ccc(SC)cc4)cc3C3C(CCCCO)C(CCCCO)C=C(C(=NOC)CC1N(C)C(=O)C=Cc1ccc([N+](=O)[O-])cc1)C32. The fourth-order valence-electron chi connectivity index (χ4n) is 8.83. The number of amides is 1. The van der Waals surface area contributed by atoms with Crippen LogP contribution in [0.4, 0.5) is 5.69 Å². The zero-order valence-electron chi connectivity index (χ0n) is 33.3. The number of unbranched alkanes of at least 4 members (excludes halogenated alkanes) is 2. The van der Waals surface area contributed by atoms with Gasteiger partial charge in [-0.1, -0.05) is 30.1 Å². The number of non-ortho nitro benzene ring substituents is 1. The normalized spacial score (nSPS) is 24.0. The molecule has 1 fully saturated rings. The molecule has 0 spiro atoms. The van der Waals surface area contributed by atoms with Crippen LogP contribution < -0.4 is 9.47 Å². The van der Waals surface area contributed by atoms with Crippen LogP contribution in [-0.4, -0.2) is 83.7 Å². The van der Waals surface area contributed by atoms with Crippen LogP contribution >= 0.6 is 11.8 Å². The minimum absolute atomic E-state index is 0.0384. The highest BCUT2D eigenvalue weighted by molar-refractivity contribution is 7.98. The number of likely N-dealkylation sites (N-methyl/N-ethyl adjacent to an activating group) is 1. The summed E-state index contributed by atoms with van der Waals surface area (Å²) in [7, 11) is 3.23. The van der Waals surface area contributed by atoms with E-state index in [1.165, 1.54) is 25.3 Å². The van der Waals surface area contributed by atoms with Crippen LogP contribution in [0.25, 0.3) is 6.08 Å². The van der Waals surface area contributed by atoms with Gasteiger partial charge in [-0.2, -0.15) is 0 Å². The van der Waals surface area contributed by atoms with E-state index in [1.54, 1.807) is 48.0 Å². The third-order valence-corrected chi connectivity index (χ3v) is 12.2. The van der Waals surface area contributed by atoms with E-state index in [9.17, 15) is 25.1 Å². The van der Waals surface area contributed by atoms with Crippen LogP contribution in [0.5, 0.6) is 17.2 Å². The van der Waals surface area contributed by atoms with E-state index < -0.39 is 22.7 Å². The van der Waals surface area contributed by atoms with Crippen molar-refractivity contribution < 1.29 is 39.0 Å². The van der Waals surface area contributed by atoms with Crippen LogP contribution in [0.15, 0.2) is 107 Å². The number of rotatable bonds is 19. The quantitative estimate of drug-likeness (QED) is 0.0301. The van der Waals surface area contributed by atoms with E-state index in [2.05, 4.69) is 23.9 Å². The maximum atomic E-state index is 14.2. The first kappa shape index (κ1) is 42.7. The molecule has 13 heteroatoms. The lowest BCUT2D eigenvalue weighted by molar-refractivity contribution is -0.384. The van der Waals surface area contributed by atoms with Crippen molar-refractivity contribution in [3.63, 3.8) is 0 Å². The average Bonchev–Trinajstić information content (AvgIpc) is 3.24. The first-order valence-corrected chi connectivity index (χ1v) is 21.0. The molecule has 12 nitrogen and oxygen atoms in total. The van der Waals surface area contributed by atoms with Gasteiger partial charge >= 0.3 is 0 Å². The number of thioether (sulfide) groups is 1. The molecule has 0 aromatic heterocycles. The van der Waals surface area contributed by atoms with Gasteiger partial charge in [-0.3, -0.25) is 14.9 Å². The number of aliphatic hydroxyl groups is 2. The van der Waals surface area contributed by atoms with Gasteiger partial charge in [-0.15, -0.1) is 18.3 Å². The van der Waals surface area contributed by atoms with Gasteiger partial charge in [0, 0.05) is 61.3 Å². The maximum Gasteiger partial charge on any atom is 0.269 e. The van der Waals surface area contributed by atoms with Crippen LogP contribution in [0.3, 0.4) is 0 Å². The molecule has 3 aromatic carbocycles. The third kappa shape index (κ3) is 9.18. The Morgan fingerprint density at radius 1 is 1.05 bits per heavy atom. The number of benzene rings is 3. The summed E-state index contributed by atoms with van der Waals surface area (Å²) in [5.41, 5.74) is 3.17. The summed E-state index contributed by atoms with van der Waals surface area (Å²) in [6.07, 6.45) is 13.9. The number of allylic oxidation sites excluding steroid dienone is 1. The van der Waals surface area contributed by atoms with Gasteiger partial charge in [0.1, 0.15) is 30.4 Å². The molecule has 2 aliphatic carbocycles. The summed E-state index contributed by atoms with van der Waals surface area (Å²) in [6, 6.07) is 19.1. The number of nitro groups is 1. The number of oxime groups is 1. The molecule has 2 N–H and O–H groups in total. The van der Waals surface area contributed by atoms with Gasteiger partial charge in [0.05, 0.1) is 23.2 Å². The Hall–Kier alpha value is -4.95. The van der Waals surface area contributed by atoms with E-state index in [0.717, 1.165) is 41.7 Å². The smallest absolute Gasteiger partial charge is 0.269 e. The number of nitrogens with zero attached hydrogens (tertiary/aromatic N) is 3. The number of hydrogen-bond acceptors (Lipinski definition) is 11. The van der Waals surface area contributed by atoms with Crippen molar-refractivity contribution in [2.75, 3.05) is 40.2 Å². The molecule has 0 radical (unpaired) electrons. The Kier molecular flexibility index (Phi) is 14.5. The van der Waals surface area contributed by atoms with Crippen LogP contribution in [0.2, 0.25) is 0 Å². The van der Waals surface area contributed by atoms with Gasteiger partial charge in [0.25, 0.3) is 5.69 Å². The van der Waals surface area contributed by atoms with E-state index in [1.807, 2.05) is 42.7 Å². The molecule has 3 aliphatic rings. The summed E-state index contributed by atoms with van der Waals surface area (Å²) in [5.74, 6) is -0.224. The maximum absolute atomic E-state index is 14.2.